The molecule has 0 fully saturated rings. The molecule has 0 aromatic heterocycles. The van der Waals surface area contributed by atoms with Crippen LogP contribution in [0.4, 0.5) is 5.69 Å². The maximum absolute atomic E-state index is 11.9. The molecule has 3 N–H and O–H groups in total. The van der Waals surface area contributed by atoms with E-state index in [9.17, 15) is 4.79 Å². The van der Waals surface area contributed by atoms with Gasteiger partial charge >= 0.3 is 0 Å². The predicted octanol–water partition coefficient (Wildman–Crippen LogP) is 1.97. The lowest BCUT2D eigenvalue weighted by atomic mass is 10.1. The van der Waals surface area contributed by atoms with Crippen molar-refractivity contribution in [2.75, 3.05) is 19.4 Å². The predicted molar refractivity (Wildman–Crippen MR) is 69.2 cm³/mol. The van der Waals surface area contributed by atoms with Crippen molar-refractivity contribution in [2.24, 2.45) is 0 Å². The first-order valence-electron chi connectivity index (χ1n) is 5.40. The van der Waals surface area contributed by atoms with Crippen LogP contribution in [0.2, 0.25) is 0 Å². The summed E-state index contributed by atoms with van der Waals surface area (Å²) in [5, 5.41) is 2.78. The van der Waals surface area contributed by atoms with Crippen LogP contribution >= 0.6 is 0 Å². The lowest BCUT2D eigenvalue weighted by molar-refractivity contribution is 0.0955. The van der Waals surface area contributed by atoms with Crippen LogP contribution in [0.3, 0.4) is 0 Å². The third kappa shape index (κ3) is 3.52. The fourth-order valence-electron chi connectivity index (χ4n) is 1.40. The number of methoxy groups -OCH3 is 1. The van der Waals surface area contributed by atoms with Gasteiger partial charge in [0.25, 0.3) is 5.91 Å². The van der Waals surface area contributed by atoms with Gasteiger partial charge in [-0.25, -0.2) is 0 Å². The van der Waals surface area contributed by atoms with Gasteiger partial charge in [0.15, 0.2) is 5.75 Å². The van der Waals surface area contributed by atoms with E-state index in [0.29, 0.717) is 23.5 Å². The molecule has 0 radical (unpaired) electrons. The van der Waals surface area contributed by atoms with E-state index in [4.69, 9.17) is 10.5 Å². The van der Waals surface area contributed by atoms with Gasteiger partial charge in [-0.1, -0.05) is 17.7 Å². The van der Waals surface area contributed by atoms with Gasteiger partial charge in [0.1, 0.15) is 0 Å². The second-order valence-corrected chi connectivity index (χ2v) is 3.92. The van der Waals surface area contributed by atoms with Crippen LogP contribution in [0.1, 0.15) is 24.2 Å². The van der Waals surface area contributed by atoms with Gasteiger partial charge in [0, 0.05) is 6.54 Å². The van der Waals surface area contributed by atoms with E-state index in [1.165, 1.54) is 7.11 Å². The van der Waals surface area contributed by atoms with Crippen LogP contribution in [0.5, 0.6) is 5.75 Å². The third-order valence-electron chi connectivity index (χ3n) is 2.27. The summed E-state index contributed by atoms with van der Waals surface area (Å²) in [6.45, 7) is 4.46. The van der Waals surface area contributed by atoms with Crippen molar-refractivity contribution in [1.29, 1.82) is 0 Å². The molecule has 0 bridgehead atoms. The first-order chi connectivity index (χ1) is 8.06. The SMILES string of the molecule is COc1c(N)cccc1C(=O)NCC=C(C)C. The molecule has 1 aromatic carbocycles. The fraction of sp³-hybridized carbons (Fsp3) is 0.308. The van der Waals surface area contributed by atoms with Gasteiger partial charge in [-0.15, -0.1) is 0 Å². The average Bonchev–Trinajstić information content (AvgIpc) is 2.28. The number of rotatable bonds is 4. The second-order valence-electron chi connectivity index (χ2n) is 3.92. The normalized spacial score (nSPS) is 9.59. The lowest BCUT2D eigenvalue weighted by Gasteiger charge is -2.10. The lowest BCUT2D eigenvalue weighted by Crippen LogP contribution is -2.24. The molecule has 0 heterocycles. The molecular weight excluding hydrogens is 216 g/mol. The minimum Gasteiger partial charge on any atom is -0.494 e. The quantitative estimate of drug-likeness (QED) is 0.618. The number of ether oxygens (including phenoxy) is 1. The third-order valence-corrected chi connectivity index (χ3v) is 2.27. The van der Waals surface area contributed by atoms with Gasteiger partial charge in [-0.3, -0.25) is 4.79 Å². The summed E-state index contributed by atoms with van der Waals surface area (Å²) in [4.78, 5) is 11.9. The van der Waals surface area contributed by atoms with Crippen LogP contribution < -0.4 is 15.8 Å². The number of nitrogens with two attached hydrogens (primary N) is 1. The van der Waals surface area contributed by atoms with E-state index in [1.54, 1.807) is 18.2 Å². The number of amides is 1. The largest absolute Gasteiger partial charge is 0.494 e. The molecule has 0 aliphatic heterocycles. The molecule has 0 aliphatic rings. The van der Waals surface area contributed by atoms with Crippen LogP contribution in [0, 0.1) is 0 Å². The van der Waals surface area contributed by atoms with Crippen LogP contribution in [0.15, 0.2) is 29.8 Å². The Morgan fingerprint density at radius 1 is 1.47 bits per heavy atom. The number of nitrogens with one attached hydrogen (secondary N) is 1. The van der Waals surface area contributed by atoms with Crippen molar-refractivity contribution in [2.45, 2.75) is 13.8 Å². The summed E-state index contributed by atoms with van der Waals surface area (Å²) < 4.78 is 5.12. The van der Waals surface area contributed by atoms with E-state index in [-0.39, 0.29) is 5.91 Å². The molecular formula is C13H18N2O2. The zero-order valence-electron chi connectivity index (χ0n) is 10.4. The van der Waals surface area contributed by atoms with Gasteiger partial charge in [0.2, 0.25) is 0 Å². The van der Waals surface area contributed by atoms with E-state index < -0.39 is 0 Å². The number of allylic oxidation sites excluding steroid dienone is 1. The van der Waals surface area contributed by atoms with Crippen molar-refractivity contribution in [3.05, 3.63) is 35.4 Å². The molecule has 1 rings (SSSR count). The Morgan fingerprint density at radius 3 is 2.76 bits per heavy atom. The highest BCUT2D eigenvalue weighted by atomic mass is 16.5. The first kappa shape index (κ1) is 13.1. The van der Waals surface area contributed by atoms with Crippen molar-refractivity contribution < 1.29 is 9.53 Å². The van der Waals surface area contributed by atoms with Crippen molar-refractivity contribution in [3.63, 3.8) is 0 Å². The topological polar surface area (TPSA) is 64.3 Å². The van der Waals surface area contributed by atoms with E-state index >= 15 is 0 Å². The van der Waals surface area contributed by atoms with Crippen molar-refractivity contribution >= 4 is 11.6 Å². The number of para-hydroxylation sites is 1. The highest BCUT2D eigenvalue weighted by molar-refractivity contribution is 5.98. The minimum atomic E-state index is -0.188. The summed E-state index contributed by atoms with van der Waals surface area (Å²) in [7, 11) is 1.50. The molecule has 17 heavy (non-hydrogen) atoms. The smallest absolute Gasteiger partial charge is 0.255 e. The van der Waals surface area contributed by atoms with Crippen LogP contribution in [-0.4, -0.2) is 19.6 Å². The average molecular weight is 234 g/mol. The van der Waals surface area contributed by atoms with Gasteiger partial charge in [-0.05, 0) is 26.0 Å². The van der Waals surface area contributed by atoms with Crippen molar-refractivity contribution in [3.8, 4) is 5.75 Å². The summed E-state index contributed by atoms with van der Waals surface area (Å²) in [6.07, 6.45) is 1.94. The number of hydrogen-bond donors (Lipinski definition) is 2. The van der Waals surface area contributed by atoms with Crippen LogP contribution in [-0.2, 0) is 0 Å². The summed E-state index contributed by atoms with van der Waals surface area (Å²) in [5.74, 6) is 0.230. The molecule has 1 amide bonds. The maximum Gasteiger partial charge on any atom is 0.255 e. The molecule has 0 spiro atoms. The zero-order chi connectivity index (χ0) is 12.8. The number of carbonyl (C=O) groups excluding carboxylic acids is 1. The van der Waals surface area contributed by atoms with Gasteiger partial charge in [0.05, 0.1) is 18.4 Å². The molecule has 92 valence electrons. The summed E-state index contributed by atoms with van der Waals surface area (Å²) in [5.41, 5.74) is 7.80. The van der Waals surface area contributed by atoms with Gasteiger partial charge < -0.3 is 15.8 Å². The zero-order valence-corrected chi connectivity index (χ0v) is 10.4. The van der Waals surface area contributed by atoms with Crippen molar-refractivity contribution in [1.82, 2.24) is 5.32 Å². The Hall–Kier alpha value is -1.97. The maximum atomic E-state index is 11.9. The molecule has 0 aliphatic carbocycles. The molecule has 0 unspecified atom stereocenters. The number of hydrogen-bond acceptors (Lipinski definition) is 3. The number of benzene rings is 1. The van der Waals surface area contributed by atoms with Gasteiger partial charge in [-0.2, -0.15) is 0 Å². The Labute approximate surface area is 101 Å². The molecule has 0 atom stereocenters. The highest BCUT2D eigenvalue weighted by Crippen LogP contribution is 2.25. The van der Waals surface area contributed by atoms with E-state index in [0.717, 1.165) is 5.57 Å². The molecule has 4 nitrogen and oxygen atoms in total. The molecule has 1 aromatic rings. The van der Waals surface area contributed by atoms with Crippen LogP contribution in [0.25, 0.3) is 0 Å². The second kappa shape index (κ2) is 5.94. The van der Waals surface area contributed by atoms with E-state index in [1.807, 2.05) is 19.9 Å². The Morgan fingerprint density at radius 2 is 2.18 bits per heavy atom. The minimum absolute atomic E-state index is 0.188. The molecule has 4 heteroatoms. The number of anilines is 1. The standard InChI is InChI=1S/C13H18N2O2/c1-9(2)7-8-15-13(16)10-5-4-6-11(14)12(10)17-3/h4-7H,8,14H2,1-3H3,(H,15,16). The summed E-state index contributed by atoms with van der Waals surface area (Å²) in [6, 6.07) is 5.12. The molecule has 0 saturated heterocycles. The first-order valence-corrected chi connectivity index (χ1v) is 5.40. The number of carbonyl (C=O) groups is 1. The van der Waals surface area contributed by atoms with E-state index in [2.05, 4.69) is 5.32 Å². The Bertz CT molecular complexity index is 435. The monoisotopic (exact) mass is 234 g/mol. The summed E-state index contributed by atoms with van der Waals surface area (Å²) >= 11 is 0. The Balaban J connectivity index is 2.82. The Kier molecular flexibility index (Phi) is 4.57. The molecule has 0 saturated carbocycles. The highest BCUT2D eigenvalue weighted by Gasteiger charge is 2.13. The number of nitrogen functional groups attached to an aromatic ring is 1. The fourth-order valence-corrected chi connectivity index (χ4v) is 1.40.